The van der Waals surface area contributed by atoms with Crippen LogP contribution in [-0.4, -0.2) is 49.4 Å². The Bertz CT molecular complexity index is 544. The number of morpholine rings is 1. The van der Waals surface area contributed by atoms with Crippen LogP contribution in [-0.2, 0) is 11.3 Å². The van der Waals surface area contributed by atoms with Gasteiger partial charge in [-0.15, -0.1) is 0 Å². The summed E-state index contributed by atoms with van der Waals surface area (Å²) < 4.78 is 12.9. The van der Waals surface area contributed by atoms with Gasteiger partial charge in [0.25, 0.3) is 0 Å². The van der Waals surface area contributed by atoms with Crippen LogP contribution in [0.15, 0.2) is 30.5 Å². The largest absolute Gasteiger partial charge is 0.497 e. The van der Waals surface area contributed by atoms with E-state index >= 15 is 0 Å². The molecular weight excluding hydrogens is 240 g/mol. The first-order valence-corrected chi connectivity index (χ1v) is 6.80. The highest BCUT2D eigenvalue weighted by Crippen LogP contribution is 2.21. The summed E-state index contributed by atoms with van der Waals surface area (Å²) in [6.45, 7) is 5.93. The van der Waals surface area contributed by atoms with Crippen molar-refractivity contribution in [1.82, 2.24) is 9.47 Å². The van der Waals surface area contributed by atoms with Crippen molar-refractivity contribution in [2.24, 2.45) is 0 Å². The number of hydrogen-bond acceptors (Lipinski definition) is 3. The predicted molar refractivity (Wildman–Crippen MR) is 75.7 cm³/mol. The number of methoxy groups -OCH3 is 1. The van der Waals surface area contributed by atoms with Gasteiger partial charge in [0.1, 0.15) is 5.75 Å². The molecule has 3 rings (SSSR count). The van der Waals surface area contributed by atoms with Crippen LogP contribution in [0.2, 0.25) is 0 Å². The highest BCUT2D eigenvalue weighted by Gasteiger charge is 2.10. The Hall–Kier alpha value is -1.52. The van der Waals surface area contributed by atoms with Crippen molar-refractivity contribution in [3.8, 4) is 5.75 Å². The average molecular weight is 260 g/mol. The van der Waals surface area contributed by atoms with Gasteiger partial charge in [-0.3, -0.25) is 4.90 Å². The first-order valence-electron chi connectivity index (χ1n) is 6.80. The molecule has 0 radical (unpaired) electrons. The average Bonchev–Trinajstić information content (AvgIpc) is 2.88. The molecular formula is C15H20N2O2. The monoisotopic (exact) mass is 260 g/mol. The molecule has 1 saturated heterocycles. The van der Waals surface area contributed by atoms with Gasteiger partial charge in [0.2, 0.25) is 0 Å². The van der Waals surface area contributed by atoms with Gasteiger partial charge in [-0.05, 0) is 24.3 Å². The lowest BCUT2D eigenvalue weighted by Gasteiger charge is -2.26. The number of hydrogen-bond donors (Lipinski definition) is 0. The Labute approximate surface area is 113 Å². The van der Waals surface area contributed by atoms with E-state index in [0.717, 1.165) is 45.1 Å². The van der Waals surface area contributed by atoms with E-state index in [1.165, 1.54) is 10.9 Å². The summed E-state index contributed by atoms with van der Waals surface area (Å²) in [6.07, 6.45) is 2.16. The molecule has 19 heavy (non-hydrogen) atoms. The Morgan fingerprint density at radius 3 is 2.79 bits per heavy atom. The normalized spacial score (nSPS) is 16.9. The van der Waals surface area contributed by atoms with Gasteiger partial charge in [0, 0.05) is 43.3 Å². The van der Waals surface area contributed by atoms with Crippen LogP contribution >= 0.6 is 0 Å². The highest BCUT2D eigenvalue weighted by molar-refractivity contribution is 5.81. The topological polar surface area (TPSA) is 26.6 Å². The number of aromatic nitrogens is 1. The molecule has 0 N–H and O–H groups in total. The van der Waals surface area contributed by atoms with Crippen LogP contribution in [0.4, 0.5) is 0 Å². The zero-order valence-corrected chi connectivity index (χ0v) is 11.3. The molecule has 1 aliphatic heterocycles. The predicted octanol–water partition coefficient (Wildman–Crippen LogP) is 1.98. The molecule has 0 spiro atoms. The first-order chi connectivity index (χ1) is 9.36. The lowest BCUT2D eigenvalue weighted by Crippen LogP contribution is -2.38. The van der Waals surface area contributed by atoms with E-state index in [2.05, 4.69) is 33.9 Å². The molecule has 0 atom stereocenters. The summed E-state index contributed by atoms with van der Waals surface area (Å²) in [4.78, 5) is 2.46. The molecule has 1 fully saturated rings. The second-order valence-electron chi connectivity index (χ2n) is 4.89. The van der Waals surface area contributed by atoms with Crippen molar-refractivity contribution in [1.29, 1.82) is 0 Å². The van der Waals surface area contributed by atoms with Crippen molar-refractivity contribution in [3.05, 3.63) is 30.5 Å². The van der Waals surface area contributed by atoms with E-state index < -0.39 is 0 Å². The Kier molecular flexibility index (Phi) is 3.71. The van der Waals surface area contributed by atoms with E-state index in [1.807, 2.05) is 6.07 Å². The third-order valence-corrected chi connectivity index (χ3v) is 3.74. The van der Waals surface area contributed by atoms with Gasteiger partial charge < -0.3 is 14.0 Å². The quantitative estimate of drug-likeness (QED) is 0.841. The van der Waals surface area contributed by atoms with E-state index in [0.29, 0.717) is 0 Å². The molecule has 102 valence electrons. The minimum absolute atomic E-state index is 0.865. The van der Waals surface area contributed by atoms with Crippen molar-refractivity contribution in [2.75, 3.05) is 40.0 Å². The van der Waals surface area contributed by atoms with Crippen LogP contribution in [0.3, 0.4) is 0 Å². The Morgan fingerprint density at radius 1 is 1.16 bits per heavy atom. The second kappa shape index (κ2) is 5.63. The van der Waals surface area contributed by atoms with Crippen LogP contribution in [0, 0.1) is 0 Å². The Balaban J connectivity index is 1.70. The lowest BCUT2D eigenvalue weighted by atomic mass is 10.2. The molecule has 1 aliphatic rings. The summed E-state index contributed by atoms with van der Waals surface area (Å²) >= 11 is 0. The van der Waals surface area contributed by atoms with Gasteiger partial charge in [0.05, 0.1) is 20.3 Å². The summed E-state index contributed by atoms with van der Waals surface area (Å²) in [5.41, 5.74) is 1.27. The minimum atomic E-state index is 0.865. The number of rotatable bonds is 4. The van der Waals surface area contributed by atoms with Gasteiger partial charge >= 0.3 is 0 Å². The molecule has 0 bridgehead atoms. The van der Waals surface area contributed by atoms with Gasteiger partial charge in [-0.1, -0.05) is 0 Å². The van der Waals surface area contributed by atoms with E-state index in [9.17, 15) is 0 Å². The molecule has 4 nitrogen and oxygen atoms in total. The maximum atomic E-state index is 5.37. The van der Waals surface area contributed by atoms with Gasteiger partial charge in [-0.2, -0.15) is 0 Å². The third-order valence-electron chi connectivity index (χ3n) is 3.74. The second-order valence-corrected chi connectivity index (χ2v) is 4.89. The fourth-order valence-electron chi connectivity index (χ4n) is 2.57. The molecule has 0 unspecified atom stereocenters. The summed E-state index contributed by atoms with van der Waals surface area (Å²) in [6, 6.07) is 8.39. The maximum Gasteiger partial charge on any atom is 0.119 e. The van der Waals surface area contributed by atoms with Crippen molar-refractivity contribution in [3.63, 3.8) is 0 Å². The molecule has 2 aromatic rings. The number of fused-ring (bicyclic) bond motifs is 1. The highest BCUT2D eigenvalue weighted by atomic mass is 16.5. The van der Waals surface area contributed by atoms with Crippen molar-refractivity contribution in [2.45, 2.75) is 6.54 Å². The van der Waals surface area contributed by atoms with Crippen molar-refractivity contribution >= 4 is 10.9 Å². The Morgan fingerprint density at radius 2 is 2.00 bits per heavy atom. The van der Waals surface area contributed by atoms with Crippen LogP contribution < -0.4 is 4.74 Å². The molecule has 0 aliphatic carbocycles. The van der Waals surface area contributed by atoms with Crippen LogP contribution in [0.1, 0.15) is 0 Å². The third kappa shape index (κ3) is 2.74. The smallest absolute Gasteiger partial charge is 0.119 e. The maximum absolute atomic E-state index is 5.37. The van der Waals surface area contributed by atoms with Crippen molar-refractivity contribution < 1.29 is 9.47 Å². The van der Waals surface area contributed by atoms with Crippen LogP contribution in [0.5, 0.6) is 5.75 Å². The number of nitrogens with zero attached hydrogens (tertiary/aromatic N) is 2. The lowest BCUT2D eigenvalue weighted by molar-refractivity contribution is 0.0365. The fourth-order valence-corrected chi connectivity index (χ4v) is 2.57. The molecule has 0 saturated carbocycles. The molecule has 0 amide bonds. The molecule has 2 heterocycles. The zero-order chi connectivity index (χ0) is 13.1. The number of benzene rings is 1. The van der Waals surface area contributed by atoms with Gasteiger partial charge in [-0.25, -0.2) is 0 Å². The first kappa shape index (κ1) is 12.5. The SMILES string of the molecule is COc1ccc2c(ccn2CCN2CCOCC2)c1. The van der Waals surface area contributed by atoms with E-state index in [-0.39, 0.29) is 0 Å². The molecule has 4 heteroatoms. The minimum Gasteiger partial charge on any atom is -0.497 e. The van der Waals surface area contributed by atoms with Crippen LogP contribution in [0.25, 0.3) is 10.9 Å². The summed E-state index contributed by atoms with van der Waals surface area (Å²) in [7, 11) is 1.70. The van der Waals surface area contributed by atoms with Gasteiger partial charge in [0.15, 0.2) is 0 Å². The molecule has 1 aromatic carbocycles. The summed E-state index contributed by atoms with van der Waals surface area (Å²) in [5.74, 6) is 0.915. The standard InChI is InChI=1S/C15H20N2O2/c1-18-14-2-3-15-13(12-14)4-5-17(15)7-6-16-8-10-19-11-9-16/h2-5,12H,6-11H2,1H3. The van der Waals surface area contributed by atoms with E-state index in [1.54, 1.807) is 7.11 Å². The zero-order valence-electron chi connectivity index (χ0n) is 11.3. The fraction of sp³-hybridized carbons (Fsp3) is 0.467. The molecule has 1 aromatic heterocycles. The number of ether oxygens (including phenoxy) is 2. The van der Waals surface area contributed by atoms with E-state index in [4.69, 9.17) is 9.47 Å². The summed E-state index contributed by atoms with van der Waals surface area (Å²) in [5, 5.41) is 1.24.